The number of aromatic nitrogens is 2. The van der Waals surface area contributed by atoms with Crippen molar-refractivity contribution in [3.05, 3.63) is 108 Å². The second-order valence-corrected chi connectivity index (χ2v) is 8.72. The van der Waals surface area contributed by atoms with E-state index in [0.29, 0.717) is 41.7 Å². The fraction of sp³-hybridized carbons (Fsp3) is 0.0645. The van der Waals surface area contributed by atoms with Gasteiger partial charge in [0.1, 0.15) is 30.6 Å². The first-order valence-electron chi connectivity index (χ1n) is 12.2. The maximum atomic E-state index is 13.2. The topological polar surface area (TPSA) is 89.2 Å². The van der Waals surface area contributed by atoms with Crippen molar-refractivity contribution in [2.75, 3.05) is 18.5 Å². The Hall–Kier alpha value is -5.35. The molecule has 1 aliphatic rings. The molecule has 7 nitrogen and oxygen atoms in total. The van der Waals surface area contributed by atoms with Crippen molar-refractivity contribution in [2.24, 2.45) is 0 Å². The van der Waals surface area contributed by atoms with Crippen LogP contribution in [0.5, 0.6) is 11.5 Å². The van der Waals surface area contributed by atoms with Gasteiger partial charge in [-0.25, -0.2) is 4.68 Å². The number of carbonyl (C=O) groups excluding carboxylic acids is 1. The van der Waals surface area contributed by atoms with Crippen LogP contribution in [0.25, 0.3) is 33.8 Å². The molecule has 0 fully saturated rings. The molecule has 5 aromatic rings. The molecule has 0 saturated heterocycles. The predicted molar refractivity (Wildman–Crippen MR) is 146 cm³/mol. The van der Waals surface area contributed by atoms with Crippen molar-refractivity contribution >= 4 is 28.4 Å². The highest BCUT2D eigenvalue weighted by Gasteiger charge is 2.19. The fourth-order valence-electron chi connectivity index (χ4n) is 4.45. The number of amides is 1. The smallest absolute Gasteiger partial charge is 0.266 e. The molecule has 1 aromatic heterocycles. The zero-order chi connectivity index (χ0) is 25.9. The lowest BCUT2D eigenvalue weighted by Crippen LogP contribution is -2.15. The maximum absolute atomic E-state index is 13.2. The van der Waals surface area contributed by atoms with Crippen LogP contribution in [-0.2, 0) is 4.79 Å². The fourth-order valence-corrected chi connectivity index (χ4v) is 4.45. The van der Waals surface area contributed by atoms with E-state index in [1.807, 2.05) is 97.2 Å². The largest absolute Gasteiger partial charge is 0.486 e. The van der Waals surface area contributed by atoms with E-state index in [2.05, 4.69) is 11.4 Å². The van der Waals surface area contributed by atoms with Crippen LogP contribution in [0.2, 0.25) is 0 Å². The number of carbonyl (C=O) groups is 1. The van der Waals surface area contributed by atoms with Crippen LogP contribution >= 0.6 is 0 Å². The maximum Gasteiger partial charge on any atom is 0.266 e. The molecular weight excluding hydrogens is 476 g/mol. The van der Waals surface area contributed by atoms with E-state index in [0.717, 1.165) is 22.0 Å². The van der Waals surface area contributed by atoms with E-state index in [9.17, 15) is 10.1 Å². The van der Waals surface area contributed by atoms with Crippen LogP contribution in [0, 0.1) is 11.3 Å². The Morgan fingerprint density at radius 2 is 1.68 bits per heavy atom. The molecule has 0 radical (unpaired) electrons. The van der Waals surface area contributed by atoms with Gasteiger partial charge in [0, 0.05) is 28.4 Å². The van der Waals surface area contributed by atoms with Crippen molar-refractivity contribution in [1.29, 1.82) is 5.26 Å². The van der Waals surface area contributed by atoms with E-state index in [4.69, 9.17) is 14.6 Å². The molecule has 184 valence electrons. The quantitative estimate of drug-likeness (QED) is 0.237. The van der Waals surface area contributed by atoms with Gasteiger partial charge in [0.25, 0.3) is 5.91 Å². The summed E-state index contributed by atoms with van der Waals surface area (Å²) in [6.45, 7) is 0.967. The summed E-state index contributed by atoms with van der Waals surface area (Å²) in [5.74, 6) is 0.809. The number of para-hydroxylation sites is 1. The number of ether oxygens (including phenoxy) is 2. The van der Waals surface area contributed by atoms with Gasteiger partial charge in [0.15, 0.2) is 11.5 Å². The van der Waals surface area contributed by atoms with Gasteiger partial charge < -0.3 is 14.8 Å². The lowest BCUT2D eigenvalue weighted by molar-refractivity contribution is -0.112. The van der Waals surface area contributed by atoms with Gasteiger partial charge >= 0.3 is 0 Å². The molecule has 0 unspecified atom stereocenters. The molecule has 4 aromatic carbocycles. The van der Waals surface area contributed by atoms with Gasteiger partial charge in [-0.1, -0.05) is 54.6 Å². The number of hydrogen-bond donors (Lipinski definition) is 1. The minimum Gasteiger partial charge on any atom is -0.486 e. The van der Waals surface area contributed by atoms with Crippen LogP contribution in [0.3, 0.4) is 0 Å². The molecule has 1 aliphatic heterocycles. The van der Waals surface area contributed by atoms with Crippen LogP contribution in [-0.4, -0.2) is 28.9 Å². The highest BCUT2D eigenvalue weighted by molar-refractivity contribution is 6.13. The van der Waals surface area contributed by atoms with Gasteiger partial charge in [-0.15, -0.1) is 0 Å². The number of nitrogens with zero attached hydrogens (tertiary/aromatic N) is 3. The van der Waals surface area contributed by atoms with Crippen LogP contribution in [0.4, 0.5) is 5.69 Å². The summed E-state index contributed by atoms with van der Waals surface area (Å²) in [4.78, 5) is 13.2. The SMILES string of the molecule is N#CC(=Cc1cn(-c2ccccc2)nc1-c1ccc2c(c1)OCCO2)C(=O)Nc1cccc2ccccc12. The van der Waals surface area contributed by atoms with Crippen molar-refractivity contribution in [1.82, 2.24) is 9.78 Å². The molecular formula is C31H22N4O3. The number of benzene rings is 4. The van der Waals surface area contributed by atoms with Gasteiger partial charge in [-0.2, -0.15) is 10.4 Å². The Morgan fingerprint density at radius 3 is 2.53 bits per heavy atom. The van der Waals surface area contributed by atoms with Gasteiger partial charge in [-0.05, 0) is 47.9 Å². The molecule has 1 amide bonds. The second-order valence-electron chi connectivity index (χ2n) is 8.72. The minimum absolute atomic E-state index is 0.0376. The average molecular weight is 499 g/mol. The molecule has 0 bridgehead atoms. The minimum atomic E-state index is -0.496. The van der Waals surface area contributed by atoms with E-state index in [1.165, 1.54) is 0 Å². The van der Waals surface area contributed by atoms with E-state index >= 15 is 0 Å². The van der Waals surface area contributed by atoms with Crippen molar-refractivity contribution in [3.8, 4) is 34.5 Å². The summed E-state index contributed by atoms with van der Waals surface area (Å²) < 4.78 is 13.2. The zero-order valence-electron chi connectivity index (χ0n) is 20.3. The Labute approximate surface area is 219 Å². The number of anilines is 1. The van der Waals surface area contributed by atoms with E-state index in [-0.39, 0.29) is 5.57 Å². The number of nitriles is 1. The summed E-state index contributed by atoms with van der Waals surface area (Å²) in [5.41, 5.74) is 3.46. The summed E-state index contributed by atoms with van der Waals surface area (Å²) >= 11 is 0. The summed E-state index contributed by atoms with van der Waals surface area (Å²) in [6, 6.07) is 30.8. The molecule has 6 rings (SSSR count). The third-order valence-corrected chi connectivity index (χ3v) is 6.28. The average Bonchev–Trinajstić information content (AvgIpc) is 3.40. The van der Waals surface area contributed by atoms with Crippen LogP contribution in [0.1, 0.15) is 5.56 Å². The van der Waals surface area contributed by atoms with Crippen LogP contribution < -0.4 is 14.8 Å². The zero-order valence-corrected chi connectivity index (χ0v) is 20.3. The third-order valence-electron chi connectivity index (χ3n) is 6.28. The summed E-state index contributed by atoms with van der Waals surface area (Å²) in [6.07, 6.45) is 3.38. The molecule has 7 heteroatoms. The molecule has 1 N–H and O–H groups in total. The second kappa shape index (κ2) is 9.96. The molecule has 0 aliphatic carbocycles. The predicted octanol–water partition coefficient (Wildman–Crippen LogP) is 6.01. The standard InChI is InChI=1S/C31H22N4O3/c32-19-23(31(36)33-27-12-6-8-21-7-4-5-11-26(21)27)17-24-20-35(25-9-2-1-3-10-25)34-30(24)22-13-14-28-29(18-22)38-16-15-37-28/h1-14,17-18,20H,15-16H2,(H,33,36). The van der Waals surface area contributed by atoms with Crippen molar-refractivity contribution in [3.63, 3.8) is 0 Å². The summed E-state index contributed by atoms with van der Waals surface area (Å²) in [5, 5.41) is 19.6. The Balaban J connectivity index is 1.41. The monoisotopic (exact) mass is 498 g/mol. The highest BCUT2D eigenvalue weighted by Crippen LogP contribution is 2.36. The van der Waals surface area contributed by atoms with Crippen molar-refractivity contribution in [2.45, 2.75) is 0 Å². The third kappa shape index (κ3) is 4.47. The lowest BCUT2D eigenvalue weighted by Gasteiger charge is -2.18. The van der Waals surface area contributed by atoms with Gasteiger partial charge in [-0.3, -0.25) is 4.79 Å². The first kappa shape index (κ1) is 23.1. The van der Waals surface area contributed by atoms with E-state index in [1.54, 1.807) is 10.8 Å². The number of nitrogens with one attached hydrogen (secondary N) is 1. The van der Waals surface area contributed by atoms with Gasteiger partial charge in [0.05, 0.1) is 5.69 Å². The molecule has 2 heterocycles. The van der Waals surface area contributed by atoms with Gasteiger partial charge in [0.2, 0.25) is 0 Å². The first-order valence-corrected chi connectivity index (χ1v) is 12.2. The van der Waals surface area contributed by atoms with Crippen molar-refractivity contribution < 1.29 is 14.3 Å². The normalized spacial score (nSPS) is 12.7. The number of rotatable bonds is 5. The molecule has 38 heavy (non-hydrogen) atoms. The molecule has 0 saturated carbocycles. The highest BCUT2D eigenvalue weighted by atomic mass is 16.6. The Morgan fingerprint density at radius 1 is 0.921 bits per heavy atom. The van der Waals surface area contributed by atoms with E-state index < -0.39 is 5.91 Å². The summed E-state index contributed by atoms with van der Waals surface area (Å²) in [7, 11) is 0. The molecule has 0 spiro atoms. The lowest BCUT2D eigenvalue weighted by atomic mass is 10.0. The Kier molecular flexibility index (Phi) is 6.04. The number of hydrogen-bond acceptors (Lipinski definition) is 5. The number of fused-ring (bicyclic) bond motifs is 2. The Bertz CT molecular complexity index is 1730. The first-order chi connectivity index (χ1) is 18.7. The molecule has 0 atom stereocenters. The van der Waals surface area contributed by atoms with Crippen LogP contribution in [0.15, 0.2) is 103 Å².